The first-order valence-corrected chi connectivity index (χ1v) is 7.18. The molecule has 7 heteroatoms. The van der Waals surface area contributed by atoms with E-state index < -0.39 is 4.92 Å². The first-order valence-electron chi connectivity index (χ1n) is 6.81. The second kappa shape index (κ2) is 6.53. The number of aromatic nitrogens is 3. The van der Waals surface area contributed by atoms with Crippen LogP contribution in [-0.2, 0) is 0 Å². The van der Waals surface area contributed by atoms with E-state index in [0.29, 0.717) is 10.8 Å². The van der Waals surface area contributed by atoms with Gasteiger partial charge in [0.15, 0.2) is 0 Å². The van der Waals surface area contributed by atoms with Gasteiger partial charge in [0.1, 0.15) is 17.1 Å². The molecule has 1 aromatic carbocycles. The summed E-state index contributed by atoms with van der Waals surface area (Å²) in [7, 11) is 0. The molecule has 3 aromatic rings. The predicted octanol–water partition coefficient (Wildman–Crippen LogP) is 4.32. The van der Waals surface area contributed by atoms with E-state index in [4.69, 9.17) is 11.6 Å². The number of nitro benzene ring substituents is 1. The minimum atomic E-state index is -0.429. The van der Waals surface area contributed by atoms with Crippen LogP contribution in [0.2, 0.25) is 5.15 Å². The molecule has 0 fully saturated rings. The van der Waals surface area contributed by atoms with Crippen LogP contribution < -0.4 is 0 Å². The SMILES string of the molecule is CC.Cc1cn(-c2ccc([N+](=O)[O-])cc2)c2ncnc(Cl)c12. The van der Waals surface area contributed by atoms with Crippen molar-refractivity contribution in [2.75, 3.05) is 0 Å². The number of hydrogen-bond donors (Lipinski definition) is 0. The van der Waals surface area contributed by atoms with E-state index in [1.54, 1.807) is 12.1 Å². The number of rotatable bonds is 2. The Hall–Kier alpha value is -2.47. The van der Waals surface area contributed by atoms with Gasteiger partial charge in [-0.15, -0.1) is 0 Å². The molecule has 0 radical (unpaired) electrons. The van der Waals surface area contributed by atoms with Crippen molar-refractivity contribution < 1.29 is 4.92 Å². The second-order valence-corrected chi connectivity index (χ2v) is 4.68. The van der Waals surface area contributed by atoms with Gasteiger partial charge in [0, 0.05) is 24.0 Å². The lowest BCUT2D eigenvalue weighted by Gasteiger charge is -2.04. The molecule has 0 amide bonds. The zero-order valence-electron chi connectivity index (χ0n) is 12.4. The largest absolute Gasteiger partial charge is 0.301 e. The van der Waals surface area contributed by atoms with Crippen molar-refractivity contribution in [3.05, 3.63) is 57.6 Å². The van der Waals surface area contributed by atoms with Crippen LogP contribution in [0.25, 0.3) is 16.7 Å². The number of benzene rings is 1. The van der Waals surface area contributed by atoms with E-state index in [9.17, 15) is 10.1 Å². The first kappa shape index (κ1) is 15.9. The zero-order valence-corrected chi connectivity index (χ0v) is 13.2. The van der Waals surface area contributed by atoms with Crippen molar-refractivity contribution in [2.45, 2.75) is 20.8 Å². The van der Waals surface area contributed by atoms with Gasteiger partial charge in [-0.2, -0.15) is 0 Å². The molecule has 22 heavy (non-hydrogen) atoms. The highest BCUT2D eigenvalue weighted by molar-refractivity contribution is 6.34. The number of halogens is 1. The summed E-state index contributed by atoms with van der Waals surface area (Å²) in [5.41, 5.74) is 2.46. The number of hydrogen-bond acceptors (Lipinski definition) is 4. The van der Waals surface area contributed by atoms with Crippen LogP contribution in [-0.4, -0.2) is 19.5 Å². The molecular weight excluding hydrogens is 304 g/mol. The van der Waals surface area contributed by atoms with Crippen LogP contribution >= 0.6 is 11.6 Å². The molecule has 0 atom stereocenters. The summed E-state index contributed by atoms with van der Waals surface area (Å²) in [6.07, 6.45) is 3.28. The minimum absolute atomic E-state index is 0.0505. The van der Waals surface area contributed by atoms with Crippen molar-refractivity contribution in [1.82, 2.24) is 14.5 Å². The highest BCUT2D eigenvalue weighted by Gasteiger charge is 2.13. The predicted molar refractivity (Wildman–Crippen MR) is 86.6 cm³/mol. The van der Waals surface area contributed by atoms with Gasteiger partial charge in [0.05, 0.1) is 10.3 Å². The average Bonchev–Trinajstić information content (AvgIpc) is 2.88. The Bertz CT molecular complexity index is 812. The molecule has 114 valence electrons. The third-order valence-electron chi connectivity index (χ3n) is 3.06. The molecular formula is C15H15ClN4O2. The van der Waals surface area contributed by atoms with Crippen molar-refractivity contribution in [3.8, 4) is 5.69 Å². The summed E-state index contributed by atoms with van der Waals surface area (Å²) in [4.78, 5) is 18.4. The summed E-state index contributed by atoms with van der Waals surface area (Å²) in [6, 6.07) is 6.26. The van der Waals surface area contributed by atoms with E-state index in [-0.39, 0.29) is 5.69 Å². The molecule has 0 bridgehead atoms. The maximum Gasteiger partial charge on any atom is 0.269 e. The Morgan fingerprint density at radius 1 is 1.18 bits per heavy atom. The molecule has 0 aliphatic rings. The van der Waals surface area contributed by atoms with Gasteiger partial charge >= 0.3 is 0 Å². The lowest BCUT2D eigenvalue weighted by Crippen LogP contribution is -1.95. The van der Waals surface area contributed by atoms with Gasteiger partial charge in [0.25, 0.3) is 5.69 Å². The van der Waals surface area contributed by atoms with Gasteiger partial charge in [-0.3, -0.25) is 10.1 Å². The third-order valence-corrected chi connectivity index (χ3v) is 3.35. The number of fused-ring (bicyclic) bond motifs is 1. The zero-order chi connectivity index (χ0) is 16.3. The lowest BCUT2D eigenvalue weighted by atomic mass is 10.3. The van der Waals surface area contributed by atoms with Gasteiger partial charge in [-0.25, -0.2) is 9.97 Å². The fraction of sp³-hybridized carbons (Fsp3) is 0.200. The van der Waals surface area contributed by atoms with Crippen molar-refractivity contribution in [3.63, 3.8) is 0 Å². The van der Waals surface area contributed by atoms with E-state index in [1.165, 1.54) is 18.5 Å². The maximum atomic E-state index is 10.7. The third kappa shape index (κ3) is 2.78. The van der Waals surface area contributed by atoms with Crippen LogP contribution in [0.5, 0.6) is 0 Å². The Kier molecular flexibility index (Phi) is 4.72. The number of nitro groups is 1. The topological polar surface area (TPSA) is 73.8 Å². The monoisotopic (exact) mass is 318 g/mol. The smallest absolute Gasteiger partial charge is 0.269 e. The van der Waals surface area contributed by atoms with Gasteiger partial charge < -0.3 is 4.57 Å². The molecule has 0 unspecified atom stereocenters. The van der Waals surface area contributed by atoms with Crippen molar-refractivity contribution in [2.24, 2.45) is 0 Å². The van der Waals surface area contributed by atoms with Crippen LogP contribution in [0.15, 0.2) is 36.8 Å². The summed E-state index contributed by atoms with van der Waals surface area (Å²) >= 11 is 6.08. The van der Waals surface area contributed by atoms with Crippen LogP contribution in [0.3, 0.4) is 0 Å². The summed E-state index contributed by atoms with van der Waals surface area (Å²) in [5.74, 6) is 0. The molecule has 0 N–H and O–H groups in total. The van der Waals surface area contributed by atoms with Crippen LogP contribution in [0, 0.1) is 17.0 Å². The number of nitrogens with zero attached hydrogens (tertiary/aromatic N) is 4. The minimum Gasteiger partial charge on any atom is -0.301 e. The summed E-state index contributed by atoms with van der Waals surface area (Å²) in [5, 5.41) is 11.9. The maximum absolute atomic E-state index is 10.7. The molecule has 0 aliphatic carbocycles. The molecule has 0 aliphatic heterocycles. The fourth-order valence-corrected chi connectivity index (χ4v) is 2.41. The van der Waals surface area contributed by atoms with E-state index in [1.807, 2.05) is 31.5 Å². The summed E-state index contributed by atoms with van der Waals surface area (Å²) < 4.78 is 1.84. The highest BCUT2D eigenvalue weighted by Crippen LogP contribution is 2.27. The molecule has 2 heterocycles. The van der Waals surface area contributed by atoms with Gasteiger partial charge in [-0.1, -0.05) is 25.4 Å². The quantitative estimate of drug-likeness (QED) is 0.401. The van der Waals surface area contributed by atoms with Gasteiger partial charge in [-0.05, 0) is 24.6 Å². The van der Waals surface area contributed by atoms with Crippen LogP contribution in [0.4, 0.5) is 5.69 Å². The van der Waals surface area contributed by atoms with Crippen molar-refractivity contribution >= 4 is 28.3 Å². The Labute approximate surface area is 132 Å². The first-order chi connectivity index (χ1) is 10.6. The normalized spacial score (nSPS) is 10.2. The van der Waals surface area contributed by atoms with Crippen molar-refractivity contribution in [1.29, 1.82) is 0 Å². The molecule has 2 aromatic heterocycles. The standard InChI is InChI=1S/C13H9ClN4O2.C2H6/c1-8-6-17(13-11(8)12(14)15-7-16-13)9-2-4-10(5-3-9)18(19)20;1-2/h2-7H,1H3;1-2H3. The second-order valence-electron chi connectivity index (χ2n) is 4.32. The molecule has 0 spiro atoms. The Balaban J connectivity index is 0.000000847. The number of non-ortho nitro benzene ring substituents is 1. The average molecular weight is 319 g/mol. The molecule has 6 nitrogen and oxygen atoms in total. The molecule has 0 saturated heterocycles. The Morgan fingerprint density at radius 2 is 1.82 bits per heavy atom. The lowest BCUT2D eigenvalue weighted by molar-refractivity contribution is -0.384. The van der Waals surface area contributed by atoms with E-state index in [2.05, 4.69) is 9.97 Å². The van der Waals surface area contributed by atoms with E-state index >= 15 is 0 Å². The van der Waals surface area contributed by atoms with Gasteiger partial charge in [0.2, 0.25) is 0 Å². The Morgan fingerprint density at radius 3 is 2.41 bits per heavy atom. The van der Waals surface area contributed by atoms with Crippen LogP contribution in [0.1, 0.15) is 19.4 Å². The molecule has 3 rings (SSSR count). The molecule has 0 saturated carbocycles. The highest BCUT2D eigenvalue weighted by atomic mass is 35.5. The summed E-state index contributed by atoms with van der Waals surface area (Å²) in [6.45, 7) is 5.92. The van der Waals surface area contributed by atoms with E-state index in [0.717, 1.165) is 16.6 Å². The number of aryl methyl sites for hydroxylation is 1. The fourth-order valence-electron chi connectivity index (χ4n) is 2.13.